The number of rotatable bonds is 2. The molecule has 0 atom stereocenters. The van der Waals surface area contributed by atoms with Crippen LogP contribution in [-0.2, 0) is 6.54 Å². The van der Waals surface area contributed by atoms with Crippen molar-refractivity contribution in [2.75, 3.05) is 18.8 Å². The second-order valence-corrected chi connectivity index (χ2v) is 6.82. The number of hydrogen-bond donors (Lipinski definition) is 1. The van der Waals surface area contributed by atoms with Crippen LogP contribution in [0.5, 0.6) is 0 Å². The lowest BCUT2D eigenvalue weighted by Gasteiger charge is -2.38. The highest BCUT2D eigenvalue weighted by Crippen LogP contribution is 2.46. The molecule has 2 aliphatic rings. The van der Waals surface area contributed by atoms with Crippen molar-refractivity contribution in [3.8, 4) is 0 Å². The maximum Gasteiger partial charge on any atom is 0.209 e. The van der Waals surface area contributed by atoms with Gasteiger partial charge in [0, 0.05) is 11.8 Å². The topological polar surface area (TPSA) is 55.3 Å². The third-order valence-electron chi connectivity index (χ3n) is 5.40. The molecule has 1 saturated heterocycles. The molecule has 2 fully saturated rings. The van der Waals surface area contributed by atoms with Gasteiger partial charge in [-0.1, -0.05) is 12.8 Å². The second kappa shape index (κ2) is 5.02. The van der Waals surface area contributed by atoms with Gasteiger partial charge in [-0.15, -0.1) is 0 Å². The number of nitrogens with zero attached hydrogens (tertiary/aromatic N) is 2. The van der Waals surface area contributed by atoms with Crippen molar-refractivity contribution in [3.63, 3.8) is 0 Å². The van der Waals surface area contributed by atoms with E-state index in [1.807, 2.05) is 18.2 Å². The van der Waals surface area contributed by atoms with Crippen LogP contribution < -0.4 is 5.73 Å². The molecule has 1 aliphatic heterocycles. The zero-order chi connectivity index (χ0) is 14.3. The predicted octanol–water partition coefficient (Wildman–Crippen LogP) is 3.57. The largest absolute Gasteiger partial charge is 0.439 e. The SMILES string of the molecule is Nc1ccc2nc(CN3CCC4(CCCC4)CC3)oc2c1. The Morgan fingerprint density at radius 3 is 2.67 bits per heavy atom. The fourth-order valence-corrected chi connectivity index (χ4v) is 4.06. The Balaban J connectivity index is 1.43. The maximum atomic E-state index is 5.84. The first-order valence-corrected chi connectivity index (χ1v) is 8.10. The maximum absolute atomic E-state index is 5.84. The number of anilines is 1. The molecule has 2 N–H and O–H groups in total. The third kappa shape index (κ3) is 2.53. The van der Waals surface area contributed by atoms with Crippen molar-refractivity contribution in [2.45, 2.75) is 45.1 Å². The van der Waals surface area contributed by atoms with E-state index in [1.165, 1.54) is 51.6 Å². The third-order valence-corrected chi connectivity index (χ3v) is 5.40. The van der Waals surface area contributed by atoms with Crippen LogP contribution in [0.25, 0.3) is 11.1 Å². The summed E-state index contributed by atoms with van der Waals surface area (Å²) in [5, 5.41) is 0. The van der Waals surface area contributed by atoms with Crippen molar-refractivity contribution < 1.29 is 4.42 Å². The van der Waals surface area contributed by atoms with Gasteiger partial charge in [-0.25, -0.2) is 4.98 Å². The molecular formula is C17H23N3O. The molecule has 2 aromatic rings. The van der Waals surface area contributed by atoms with E-state index in [4.69, 9.17) is 10.2 Å². The van der Waals surface area contributed by atoms with Gasteiger partial charge < -0.3 is 10.2 Å². The molecule has 4 rings (SSSR count). The van der Waals surface area contributed by atoms with E-state index in [1.54, 1.807) is 0 Å². The summed E-state index contributed by atoms with van der Waals surface area (Å²) in [6.07, 6.45) is 8.46. The lowest BCUT2D eigenvalue weighted by atomic mass is 9.77. The summed E-state index contributed by atoms with van der Waals surface area (Å²) in [5.74, 6) is 0.818. The van der Waals surface area contributed by atoms with E-state index in [2.05, 4.69) is 9.88 Å². The van der Waals surface area contributed by atoms with Crippen molar-refractivity contribution in [1.82, 2.24) is 9.88 Å². The minimum Gasteiger partial charge on any atom is -0.439 e. The number of piperidine rings is 1. The quantitative estimate of drug-likeness (QED) is 0.857. The molecule has 1 aromatic heterocycles. The average molecular weight is 285 g/mol. The monoisotopic (exact) mass is 285 g/mol. The molecule has 1 aromatic carbocycles. The summed E-state index contributed by atoms with van der Waals surface area (Å²) in [7, 11) is 0. The Bertz CT molecular complexity index is 633. The Kier molecular flexibility index (Phi) is 3.14. The van der Waals surface area contributed by atoms with E-state index in [0.717, 1.165) is 29.2 Å². The summed E-state index contributed by atoms with van der Waals surface area (Å²) in [5.41, 5.74) is 8.89. The molecule has 0 radical (unpaired) electrons. The van der Waals surface area contributed by atoms with Gasteiger partial charge in [-0.3, -0.25) is 4.90 Å². The molecule has 112 valence electrons. The molecule has 1 spiro atoms. The first-order chi connectivity index (χ1) is 10.2. The summed E-state index contributed by atoms with van der Waals surface area (Å²) >= 11 is 0. The van der Waals surface area contributed by atoms with Crippen molar-refractivity contribution in [1.29, 1.82) is 0 Å². The van der Waals surface area contributed by atoms with Gasteiger partial charge in [0.05, 0.1) is 6.54 Å². The van der Waals surface area contributed by atoms with Crippen LogP contribution in [0.4, 0.5) is 5.69 Å². The summed E-state index contributed by atoms with van der Waals surface area (Å²) in [6.45, 7) is 3.19. The van der Waals surface area contributed by atoms with Crippen LogP contribution in [0.15, 0.2) is 22.6 Å². The number of hydrogen-bond acceptors (Lipinski definition) is 4. The number of nitrogen functional groups attached to an aromatic ring is 1. The molecule has 0 bridgehead atoms. The molecule has 4 heteroatoms. The van der Waals surface area contributed by atoms with Crippen LogP contribution in [-0.4, -0.2) is 23.0 Å². The fraction of sp³-hybridized carbons (Fsp3) is 0.588. The number of nitrogens with two attached hydrogens (primary N) is 1. The zero-order valence-electron chi connectivity index (χ0n) is 12.5. The van der Waals surface area contributed by atoms with Gasteiger partial charge in [0.1, 0.15) is 5.52 Å². The fourth-order valence-electron chi connectivity index (χ4n) is 4.06. The van der Waals surface area contributed by atoms with Gasteiger partial charge >= 0.3 is 0 Å². The predicted molar refractivity (Wildman–Crippen MR) is 83.8 cm³/mol. The van der Waals surface area contributed by atoms with Gasteiger partial charge in [0.2, 0.25) is 5.89 Å². The zero-order valence-corrected chi connectivity index (χ0v) is 12.5. The van der Waals surface area contributed by atoms with Crippen LogP contribution in [0.1, 0.15) is 44.4 Å². The van der Waals surface area contributed by atoms with Gasteiger partial charge in [0.15, 0.2) is 5.58 Å². The van der Waals surface area contributed by atoms with Crippen LogP contribution in [0.2, 0.25) is 0 Å². The minimum absolute atomic E-state index is 0.673. The van der Waals surface area contributed by atoms with E-state index in [0.29, 0.717) is 5.41 Å². The Hall–Kier alpha value is -1.55. The number of aromatic nitrogens is 1. The number of oxazole rings is 1. The highest BCUT2D eigenvalue weighted by atomic mass is 16.3. The number of fused-ring (bicyclic) bond motifs is 1. The summed E-state index contributed by atoms with van der Waals surface area (Å²) in [6, 6.07) is 5.66. The molecular weight excluding hydrogens is 262 g/mol. The van der Waals surface area contributed by atoms with E-state index in [-0.39, 0.29) is 0 Å². The van der Waals surface area contributed by atoms with Gasteiger partial charge in [-0.2, -0.15) is 0 Å². The van der Waals surface area contributed by atoms with Crippen LogP contribution >= 0.6 is 0 Å². The molecule has 2 heterocycles. The molecule has 4 nitrogen and oxygen atoms in total. The molecule has 0 unspecified atom stereocenters. The molecule has 1 aliphatic carbocycles. The minimum atomic E-state index is 0.673. The van der Waals surface area contributed by atoms with Gasteiger partial charge in [-0.05, 0) is 56.3 Å². The van der Waals surface area contributed by atoms with E-state index in [9.17, 15) is 0 Å². The molecule has 21 heavy (non-hydrogen) atoms. The van der Waals surface area contributed by atoms with Crippen LogP contribution in [0.3, 0.4) is 0 Å². The summed E-state index contributed by atoms with van der Waals surface area (Å²) in [4.78, 5) is 7.06. The Morgan fingerprint density at radius 1 is 1.14 bits per heavy atom. The molecule has 1 saturated carbocycles. The highest BCUT2D eigenvalue weighted by Gasteiger charge is 2.36. The Morgan fingerprint density at radius 2 is 1.90 bits per heavy atom. The first kappa shape index (κ1) is 13.1. The number of likely N-dealkylation sites (tertiary alicyclic amines) is 1. The molecule has 0 amide bonds. The van der Waals surface area contributed by atoms with Gasteiger partial charge in [0.25, 0.3) is 0 Å². The van der Waals surface area contributed by atoms with Crippen molar-refractivity contribution >= 4 is 16.8 Å². The normalized spacial score (nSPS) is 22.3. The van der Waals surface area contributed by atoms with Crippen LogP contribution in [0, 0.1) is 5.41 Å². The standard InChI is InChI=1S/C17H23N3O/c18-13-3-4-14-15(11-13)21-16(19-14)12-20-9-7-17(8-10-20)5-1-2-6-17/h3-4,11H,1-2,5-10,12,18H2. The number of benzene rings is 1. The lowest BCUT2D eigenvalue weighted by molar-refractivity contribution is 0.0973. The highest BCUT2D eigenvalue weighted by molar-refractivity contribution is 5.76. The van der Waals surface area contributed by atoms with E-state index >= 15 is 0 Å². The Labute approximate surface area is 125 Å². The van der Waals surface area contributed by atoms with E-state index < -0.39 is 0 Å². The van der Waals surface area contributed by atoms with Crippen molar-refractivity contribution in [3.05, 3.63) is 24.1 Å². The first-order valence-electron chi connectivity index (χ1n) is 8.10. The summed E-state index contributed by atoms with van der Waals surface area (Å²) < 4.78 is 5.84. The lowest BCUT2D eigenvalue weighted by Crippen LogP contribution is -2.38. The smallest absolute Gasteiger partial charge is 0.209 e. The van der Waals surface area contributed by atoms with Crippen molar-refractivity contribution in [2.24, 2.45) is 5.41 Å². The second-order valence-electron chi connectivity index (χ2n) is 6.82. The average Bonchev–Trinajstić information content (AvgIpc) is 3.08.